The van der Waals surface area contributed by atoms with E-state index in [4.69, 9.17) is 40.5 Å². The van der Waals surface area contributed by atoms with Gasteiger partial charge in [0, 0.05) is 16.6 Å². The van der Waals surface area contributed by atoms with Gasteiger partial charge in [0.1, 0.15) is 0 Å². The molecule has 0 saturated heterocycles. The molecule has 0 radical (unpaired) electrons. The van der Waals surface area contributed by atoms with Crippen molar-refractivity contribution in [3.8, 4) is 0 Å². The first kappa shape index (κ1) is 14.1. The summed E-state index contributed by atoms with van der Waals surface area (Å²) in [4.78, 5) is 0. The molecule has 0 unspecified atom stereocenters. The second kappa shape index (κ2) is 6.11. The predicted octanol–water partition coefficient (Wildman–Crippen LogP) is 5.08. The number of hydrogen-bond acceptors (Lipinski definition) is 1. The summed E-state index contributed by atoms with van der Waals surface area (Å²) in [6, 6.07) is 3.27. The lowest BCUT2D eigenvalue weighted by Crippen LogP contribution is -2.12. The van der Waals surface area contributed by atoms with E-state index in [0.717, 1.165) is 18.4 Å². The van der Waals surface area contributed by atoms with E-state index in [0.29, 0.717) is 21.0 Å². The van der Waals surface area contributed by atoms with E-state index in [9.17, 15) is 0 Å². The van der Waals surface area contributed by atoms with Crippen LogP contribution in [0.5, 0.6) is 0 Å². The van der Waals surface area contributed by atoms with Crippen LogP contribution in [-0.2, 0) is 0 Å². The summed E-state index contributed by atoms with van der Waals surface area (Å²) in [5.41, 5.74) is 6.85. The van der Waals surface area contributed by atoms with E-state index in [1.807, 2.05) is 0 Å². The minimum Gasteiger partial charge on any atom is -0.324 e. The first-order valence-corrected chi connectivity index (χ1v) is 6.45. The van der Waals surface area contributed by atoms with Gasteiger partial charge in [-0.15, -0.1) is 0 Å². The van der Waals surface area contributed by atoms with E-state index in [1.165, 1.54) is 0 Å². The van der Waals surface area contributed by atoms with Crippen molar-refractivity contribution >= 4 is 34.8 Å². The van der Waals surface area contributed by atoms with Crippen molar-refractivity contribution < 1.29 is 0 Å². The molecule has 0 heterocycles. The first-order chi connectivity index (χ1) is 7.43. The molecule has 0 aliphatic heterocycles. The number of benzene rings is 1. The summed E-state index contributed by atoms with van der Waals surface area (Å²) in [7, 11) is 0. The molecule has 1 atom stereocenters. The molecule has 0 aromatic heterocycles. The van der Waals surface area contributed by atoms with Crippen molar-refractivity contribution in [3.63, 3.8) is 0 Å². The standard InChI is InChI=1S/C12H16Cl3N/c1-7(2)3-6-10(16)11-8(13)4-5-9(14)12(11)15/h4-5,7,10H,3,6,16H2,1-2H3/t10-/m1/s1. The molecule has 0 spiro atoms. The zero-order valence-electron chi connectivity index (χ0n) is 9.43. The highest BCUT2D eigenvalue weighted by Gasteiger charge is 2.16. The van der Waals surface area contributed by atoms with Gasteiger partial charge in [-0.2, -0.15) is 0 Å². The van der Waals surface area contributed by atoms with Gasteiger partial charge in [0.05, 0.1) is 10.0 Å². The molecule has 0 saturated carbocycles. The number of hydrogen-bond donors (Lipinski definition) is 1. The zero-order chi connectivity index (χ0) is 12.3. The van der Waals surface area contributed by atoms with Gasteiger partial charge in [-0.25, -0.2) is 0 Å². The number of halogens is 3. The fraction of sp³-hybridized carbons (Fsp3) is 0.500. The maximum absolute atomic E-state index is 6.11. The summed E-state index contributed by atoms with van der Waals surface area (Å²) in [5.74, 6) is 0.614. The maximum atomic E-state index is 6.11. The summed E-state index contributed by atoms with van der Waals surface area (Å²) in [5, 5.41) is 1.57. The third kappa shape index (κ3) is 3.53. The van der Waals surface area contributed by atoms with Crippen molar-refractivity contribution in [2.75, 3.05) is 0 Å². The molecule has 16 heavy (non-hydrogen) atoms. The lowest BCUT2D eigenvalue weighted by Gasteiger charge is -2.17. The molecule has 4 heteroatoms. The summed E-state index contributed by atoms with van der Waals surface area (Å²) in [6.07, 6.45) is 1.90. The quantitative estimate of drug-likeness (QED) is 0.764. The van der Waals surface area contributed by atoms with Crippen molar-refractivity contribution in [3.05, 3.63) is 32.8 Å². The van der Waals surface area contributed by atoms with E-state index in [1.54, 1.807) is 12.1 Å². The molecule has 0 fully saturated rings. The van der Waals surface area contributed by atoms with Gasteiger partial charge >= 0.3 is 0 Å². The normalized spacial score (nSPS) is 13.2. The third-order valence-electron chi connectivity index (χ3n) is 2.51. The molecule has 1 nitrogen and oxygen atoms in total. The highest BCUT2D eigenvalue weighted by atomic mass is 35.5. The highest BCUT2D eigenvalue weighted by Crippen LogP contribution is 2.36. The lowest BCUT2D eigenvalue weighted by molar-refractivity contribution is 0.507. The lowest BCUT2D eigenvalue weighted by atomic mass is 9.98. The van der Waals surface area contributed by atoms with Gasteiger partial charge in [0.2, 0.25) is 0 Å². The molecule has 0 amide bonds. The zero-order valence-corrected chi connectivity index (χ0v) is 11.7. The van der Waals surface area contributed by atoms with Crippen LogP contribution < -0.4 is 5.73 Å². The van der Waals surface area contributed by atoms with E-state index < -0.39 is 0 Å². The minimum atomic E-state index is -0.152. The molecule has 0 aliphatic carbocycles. The second-order valence-electron chi connectivity index (χ2n) is 4.33. The Bertz CT molecular complexity index is 364. The van der Waals surface area contributed by atoms with Crippen LogP contribution in [0.4, 0.5) is 0 Å². The van der Waals surface area contributed by atoms with E-state index in [-0.39, 0.29) is 6.04 Å². The number of rotatable bonds is 4. The van der Waals surface area contributed by atoms with E-state index in [2.05, 4.69) is 13.8 Å². The van der Waals surface area contributed by atoms with Crippen LogP contribution in [-0.4, -0.2) is 0 Å². The van der Waals surface area contributed by atoms with Crippen LogP contribution in [0.25, 0.3) is 0 Å². The maximum Gasteiger partial charge on any atom is 0.0654 e. The molecule has 0 bridgehead atoms. The van der Waals surface area contributed by atoms with Crippen molar-refractivity contribution in [2.24, 2.45) is 11.7 Å². The van der Waals surface area contributed by atoms with Gasteiger partial charge in [0.25, 0.3) is 0 Å². The Balaban J connectivity index is 2.90. The molecule has 1 aromatic carbocycles. The largest absolute Gasteiger partial charge is 0.324 e. The fourth-order valence-electron chi connectivity index (χ4n) is 1.54. The van der Waals surface area contributed by atoms with Crippen molar-refractivity contribution in [1.29, 1.82) is 0 Å². The monoisotopic (exact) mass is 279 g/mol. The highest BCUT2D eigenvalue weighted by molar-refractivity contribution is 6.44. The minimum absolute atomic E-state index is 0.152. The SMILES string of the molecule is CC(C)CC[C@@H](N)c1c(Cl)ccc(Cl)c1Cl. The average molecular weight is 281 g/mol. The van der Waals surface area contributed by atoms with Crippen LogP contribution in [0, 0.1) is 5.92 Å². The smallest absolute Gasteiger partial charge is 0.0654 e. The van der Waals surface area contributed by atoms with Gasteiger partial charge in [-0.1, -0.05) is 48.7 Å². The Morgan fingerprint density at radius 2 is 1.62 bits per heavy atom. The second-order valence-corrected chi connectivity index (χ2v) is 5.53. The van der Waals surface area contributed by atoms with Crippen molar-refractivity contribution in [2.45, 2.75) is 32.7 Å². The Morgan fingerprint density at radius 3 is 2.19 bits per heavy atom. The third-order valence-corrected chi connectivity index (χ3v) is 3.65. The number of nitrogens with two attached hydrogens (primary N) is 1. The van der Waals surface area contributed by atoms with Crippen molar-refractivity contribution in [1.82, 2.24) is 0 Å². The van der Waals surface area contributed by atoms with Gasteiger partial charge in [-0.3, -0.25) is 0 Å². The molecular formula is C12H16Cl3N. The average Bonchev–Trinajstić information content (AvgIpc) is 2.21. The summed E-state index contributed by atoms with van der Waals surface area (Å²) < 4.78 is 0. The molecule has 0 aliphatic rings. The molecule has 90 valence electrons. The van der Waals surface area contributed by atoms with Gasteiger partial charge in [-0.05, 0) is 30.9 Å². The van der Waals surface area contributed by atoms with Gasteiger partial charge < -0.3 is 5.73 Å². The van der Waals surface area contributed by atoms with Crippen LogP contribution in [0.15, 0.2) is 12.1 Å². The topological polar surface area (TPSA) is 26.0 Å². The Morgan fingerprint density at radius 1 is 1.06 bits per heavy atom. The van der Waals surface area contributed by atoms with E-state index >= 15 is 0 Å². The fourth-order valence-corrected chi connectivity index (χ4v) is 2.36. The summed E-state index contributed by atoms with van der Waals surface area (Å²) in [6.45, 7) is 4.32. The predicted molar refractivity (Wildman–Crippen MR) is 72.5 cm³/mol. The Labute approximate surface area is 112 Å². The molecule has 2 N–H and O–H groups in total. The summed E-state index contributed by atoms with van der Waals surface area (Å²) >= 11 is 18.1. The van der Waals surface area contributed by atoms with Crippen LogP contribution in [0.1, 0.15) is 38.3 Å². The molecule has 1 rings (SSSR count). The van der Waals surface area contributed by atoms with Crippen LogP contribution in [0.3, 0.4) is 0 Å². The molecule has 1 aromatic rings. The Hall–Kier alpha value is 0.0500. The van der Waals surface area contributed by atoms with Crippen LogP contribution in [0.2, 0.25) is 15.1 Å². The Kier molecular flexibility index (Phi) is 5.39. The molecular weight excluding hydrogens is 264 g/mol. The van der Waals surface area contributed by atoms with Crippen LogP contribution >= 0.6 is 34.8 Å². The van der Waals surface area contributed by atoms with Gasteiger partial charge in [0.15, 0.2) is 0 Å². The first-order valence-electron chi connectivity index (χ1n) is 5.32.